The summed E-state index contributed by atoms with van der Waals surface area (Å²) in [4.78, 5) is 2.22. The molecule has 2 unspecified atom stereocenters. The van der Waals surface area contributed by atoms with Crippen LogP contribution in [0.15, 0.2) is 18.2 Å². The molecule has 0 spiro atoms. The van der Waals surface area contributed by atoms with Gasteiger partial charge in [-0.25, -0.2) is 0 Å². The topological polar surface area (TPSA) is 23.5 Å². The monoisotopic (exact) mass is 305 g/mol. The van der Waals surface area contributed by atoms with E-state index in [9.17, 15) is 5.11 Å². The van der Waals surface area contributed by atoms with Crippen molar-refractivity contribution in [2.24, 2.45) is 0 Å². The van der Waals surface area contributed by atoms with Crippen molar-refractivity contribution in [1.82, 2.24) is 4.90 Å². The van der Waals surface area contributed by atoms with Crippen LogP contribution in [0.1, 0.15) is 5.56 Å². The van der Waals surface area contributed by atoms with E-state index in [-0.39, 0.29) is 6.04 Å². The summed E-state index contributed by atoms with van der Waals surface area (Å²) < 4.78 is 0. The molecule has 2 nitrogen and oxygen atoms in total. The Balaban J connectivity index is 2.05. The van der Waals surface area contributed by atoms with Gasteiger partial charge in [0.05, 0.1) is 6.10 Å². The Kier molecular flexibility index (Phi) is 5.22. The molecule has 2 rings (SSSR count). The van der Waals surface area contributed by atoms with Gasteiger partial charge >= 0.3 is 0 Å². The van der Waals surface area contributed by atoms with Gasteiger partial charge in [-0.2, -0.15) is 11.8 Å². The lowest BCUT2D eigenvalue weighted by Crippen LogP contribution is -2.47. The molecule has 0 bridgehead atoms. The lowest BCUT2D eigenvalue weighted by molar-refractivity contribution is 0.0763. The van der Waals surface area contributed by atoms with E-state index >= 15 is 0 Å². The van der Waals surface area contributed by atoms with E-state index in [2.05, 4.69) is 11.9 Å². The third kappa shape index (κ3) is 3.55. The van der Waals surface area contributed by atoms with Gasteiger partial charge in [-0.3, -0.25) is 4.90 Å². The number of benzene rings is 1. The van der Waals surface area contributed by atoms with Crippen molar-refractivity contribution < 1.29 is 5.11 Å². The number of aliphatic hydroxyl groups is 1. The predicted octanol–water partition coefficient (Wildman–Crippen LogP) is 2.94. The molecule has 18 heavy (non-hydrogen) atoms. The average molecular weight is 306 g/mol. The van der Waals surface area contributed by atoms with E-state index in [1.165, 1.54) is 0 Å². The minimum Gasteiger partial charge on any atom is -0.391 e. The van der Waals surface area contributed by atoms with Gasteiger partial charge in [0.15, 0.2) is 0 Å². The van der Waals surface area contributed by atoms with Gasteiger partial charge in [-0.15, -0.1) is 0 Å². The first-order valence-electron chi connectivity index (χ1n) is 5.98. The maximum absolute atomic E-state index is 10.4. The number of halogens is 2. The molecule has 1 heterocycles. The zero-order valence-corrected chi connectivity index (χ0v) is 12.6. The first-order valence-corrected chi connectivity index (χ1v) is 7.89. The number of nitrogens with zero attached hydrogens (tertiary/aromatic N) is 1. The molecule has 1 aliphatic rings. The maximum atomic E-state index is 10.4. The summed E-state index contributed by atoms with van der Waals surface area (Å²) in [7, 11) is 2.06. The molecule has 1 saturated heterocycles. The zero-order valence-electron chi connectivity index (χ0n) is 10.3. The molecular formula is C13H17Cl2NOS. The van der Waals surface area contributed by atoms with Crippen LogP contribution in [0.2, 0.25) is 10.0 Å². The summed E-state index contributed by atoms with van der Waals surface area (Å²) >= 11 is 14.0. The number of thioether (sulfide) groups is 1. The fourth-order valence-corrected chi connectivity index (χ4v) is 3.86. The van der Waals surface area contributed by atoms with Crippen molar-refractivity contribution in [1.29, 1.82) is 0 Å². The second-order valence-electron chi connectivity index (χ2n) is 4.63. The molecule has 1 fully saturated rings. The Morgan fingerprint density at radius 2 is 2.28 bits per heavy atom. The van der Waals surface area contributed by atoms with E-state index in [1.807, 2.05) is 17.8 Å². The Bertz CT molecular complexity index is 416. The van der Waals surface area contributed by atoms with Crippen molar-refractivity contribution >= 4 is 35.0 Å². The summed E-state index contributed by atoms with van der Waals surface area (Å²) in [6.07, 6.45) is 0.147. The highest BCUT2D eigenvalue weighted by Gasteiger charge is 2.27. The Labute approximate surface area is 122 Å². The second-order valence-corrected chi connectivity index (χ2v) is 6.62. The summed E-state index contributed by atoms with van der Waals surface area (Å²) in [5.74, 6) is 2.10. The summed E-state index contributed by atoms with van der Waals surface area (Å²) in [6, 6.07) is 5.58. The van der Waals surface area contributed by atoms with Crippen molar-refractivity contribution in [3.8, 4) is 0 Å². The molecule has 1 N–H and O–H groups in total. The van der Waals surface area contributed by atoms with Crippen molar-refractivity contribution in [2.75, 3.05) is 25.1 Å². The number of aliphatic hydroxyl groups excluding tert-OH is 1. The molecule has 5 heteroatoms. The molecule has 1 aliphatic heterocycles. The molecule has 100 valence electrons. The number of hydrogen-bond donors (Lipinski definition) is 1. The lowest BCUT2D eigenvalue weighted by Gasteiger charge is -2.35. The van der Waals surface area contributed by atoms with Gasteiger partial charge in [0.2, 0.25) is 0 Å². The highest BCUT2D eigenvalue weighted by molar-refractivity contribution is 7.99. The number of likely N-dealkylation sites (N-methyl/N-ethyl adjacent to an activating group) is 1. The quantitative estimate of drug-likeness (QED) is 0.929. The van der Waals surface area contributed by atoms with Crippen molar-refractivity contribution in [2.45, 2.75) is 18.6 Å². The van der Waals surface area contributed by atoms with Gasteiger partial charge in [0.25, 0.3) is 0 Å². The summed E-state index contributed by atoms with van der Waals surface area (Å²) in [5, 5.41) is 11.7. The fourth-order valence-electron chi connectivity index (χ4n) is 2.17. The molecule has 0 aliphatic carbocycles. The Hall–Kier alpha value is 0.0700. The minimum atomic E-state index is -0.404. The van der Waals surface area contributed by atoms with E-state index in [0.29, 0.717) is 16.5 Å². The van der Waals surface area contributed by atoms with Crippen molar-refractivity contribution in [3.05, 3.63) is 33.8 Å². The van der Waals surface area contributed by atoms with Crippen LogP contribution < -0.4 is 0 Å². The van der Waals surface area contributed by atoms with Crippen molar-refractivity contribution in [3.63, 3.8) is 0 Å². The van der Waals surface area contributed by atoms with E-state index < -0.39 is 6.10 Å². The number of hydrogen-bond acceptors (Lipinski definition) is 3. The van der Waals surface area contributed by atoms with Crippen LogP contribution in [0.3, 0.4) is 0 Å². The summed E-state index contributed by atoms with van der Waals surface area (Å²) in [6.45, 7) is 1.02. The third-order valence-corrected chi connectivity index (χ3v) is 4.98. The number of rotatable bonds is 3. The SMILES string of the molecule is CN1CCSCC1C(O)Cc1cc(Cl)ccc1Cl. The van der Waals surface area contributed by atoms with Gasteiger partial charge in [-0.1, -0.05) is 23.2 Å². The molecule has 0 amide bonds. The van der Waals surface area contributed by atoms with Gasteiger partial charge in [0, 0.05) is 40.6 Å². The molecule has 0 radical (unpaired) electrons. The average Bonchev–Trinajstić information content (AvgIpc) is 2.34. The maximum Gasteiger partial charge on any atom is 0.0744 e. The van der Waals surface area contributed by atoms with Crippen LogP contribution >= 0.6 is 35.0 Å². The molecular weight excluding hydrogens is 289 g/mol. The zero-order chi connectivity index (χ0) is 13.1. The van der Waals surface area contributed by atoms with Gasteiger partial charge in [0.1, 0.15) is 0 Å². The van der Waals surface area contributed by atoms with E-state index in [1.54, 1.807) is 12.1 Å². The molecule has 0 saturated carbocycles. The van der Waals surface area contributed by atoms with E-state index in [0.717, 1.165) is 23.6 Å². The van der Waals surface area contributed by atoms with Crippen LogP contribution in [0.5, 0.6) is 0 Å². The van der Waals surface area contributed by atoms with E-state index in [4.69, 9.17) is 23.2 Å². The normalized spacial score (nSPS) is 23.0. The first kappa shape index (κ1) is 14.5. The Morgan fingerprint density at radius 3 is 3.00 bits per heavy atom. The highest BCUT2D eigenvalue weighted by atomic mass is 35.5. The smallest absolute Gasteiger partial charge is 0.0744 e. The standard InChI is InChI=1S/C13H17Cl2NOS/c1-16-4-5-18-8-12(16)13(17)7-9-6-10(14)2-3-11(9)15/h2-3,6,12-13,17H,4-5,7-8H2,1H3. The second kappa shape index (κ2) is 6.49. The minimum absolute atomic E-state index is 0.193. The van der Waals surface area contributed by atoms with Gasteiger partial charge < -0.3 is 5.11 Å². The molecule has 1 aromatic rings. The van der Waals surface area contributed by atoms with Crippen LogP contribution in [0, 0.1) is 0 Å². The fraction of sp³-hybridized carbons (Fsp3) is 0.538. The third-order valence-electron chi connectivity index (χ3n) is 3.32. The van der Waals surface area contributed by atoms with Gasteiger partial charge in [-0.05, 0) is 30.8 Å². The largest absolute Gasteiger partial charge is 0.391 e. The summed E-state index contributed by atoms with van der Waals surface area (Å²) in [5.41, 5.74) is 0.917. The highest BCUT2D eigenvalue weighted by Crippen LogP contribution is 2.25. The predicted molar refractivity (Wildman–Crippen MR) is 79.9 cm³/mol. The lowest BCUT2D eigenvalue weighted by atomic mass is 10.0. The van der Waals surface area contributed by atoms with Crippen LogP contribution in [0.4, 0.5) is 0 Å². The van der Waals surface area contributed by atoms with Crippen LogP contribution in [-0.2, 0) is 6.42 Å². The van der Waals surface area contributed by atoms with Crippen LogP contribution in [0.25, 0.3) is 0 Å². The first-order chi connectivity index (χ1) is 8.58. The van der Waals surface area contributed by atoms with Crippen LogP contribution in [-0.4, -0.2) is 47.3 Å². The molecule has 2 atom stereocenters. The molecule has 1 aromatic carbocycles. The molecule has 0 aromatic heterocycles. The Morgan fingerprint density at radius 1 is 1.50 bits per heavy atom.